The first-order chi connectivity index (χ1) is 6.91. The molecule has 0 aliphatic carbocycles. The van der Waals surface area contributed by atoms with E-state index in [1.165, 1.54) is 0 Å². The Kier molecular flexibility index (Phi) is 11.6. The van der Waals surface area contributed by atoms with E-state index >= 15 is 0 Å². The molecule has 0 rings (SSSR count). The molecule has 0 heterocycles. The summed E-state index contributed by atoms with van der Waals surface area (Å²) in [5, 5.41) is 12.6. The molecule has 4 heteroatoms. The molecule has 0 bridgehead atoms. The third-order valence-corrected chi connectivity index (χ3v) is 1.81. The van der Waals surface area contributed by atoms with E-state index in [0.717, 1.165) is 39.0 Å². The van der Waals surface area contributed by atoms with E-state index in [2.05, 4.69) is 21.3 Å². The molecule has 0 aliphatic heterocycles. The monoisotopic (exact) mass is 200 g/mol. The second-order valence-electron chi connectivity index (χ2n) is 3.16. The summed E-state index contributed by atoms with van der Waals surface area (Å²) in [6, 6.07) is 0. The first kappa shape index (κ1) is 13.3. The van der Waals surface area contributed by atoms with Crippen LogP contribution in [-0.4, -0.2) is 40.3 Å². The summed E-state index contributed by atoms with van der Waals surface area (Å²) < 4.78 is 0. The van der Waals surface area contributed by atoms with Gasteiger partial charge < -0.3 is 21.3 Å². The van der Waals surface area contributed by atoms with Crippen LogP contribution in [0, 0.1) is 0 Å². The second-order valence-corrected chi connectivity index (χ2v) is 3.16. The van der Waals surface area contributed by atoms with Crippen molar-refractivity contribution in [2.45, 2.75) is 12.8 Å². The molecule has 0 aliphatic rings. The molecule has 0 aromatic rings. The van der Waals surface area contributed by atoms with Crippen molar-refractivity contribution in [3.05, 3.63) is 12.4 Å². The van der Waals surface area contributed by atoms with Gasteiger partial charge in [0.05, 0.1) is 0 Å². The summed E-state index contributed by atoms with van der Waals surface area (Å²) in [5.74, 6) is 0. The fourth-order valence-corrected chi connectivity index (χ4v) is 1.02. The molecule has 4 N–H and O–H groups in total. The topological polar surface area (TPSA) is 48.1 Å². The zero-order valence-electron chi connectivity index (χ0n) is 9.40. The van der Waals surface area contributed by atoms with E-state index < -0.39 is 0 Å². The van der Waals surface area contributed by atoms with Crippen molar-refractivity contribution >= 4 is 0 Å². The minimum Gasteiger partial charge on any atom is -0.390 e. The average molecular weight is 200 g/mol. The third-order valence-electron chi connectivity index (χ3n) is 1.81. The summed E-state index contributed by atoms with van der Waals surface area (Å²) in [6.07, 6.45) is 6.24. The highest BCUT2D eigenvalue weighted by molar-refractivity contribution is 4.76. The highest BCUT2D eigenvalue weighted by Gasteiger charge is 1.82. The molecule has 0 fully saturated rings. The zero-order valence-corrected chi connectivity index (χ0v) is 9.40. The smallest absolute Gasteiger partial charge is 0.0154 e. The summed E-state index contributed by atoms with van der Waals surface area (Å²) in [4.78, 5) is 0. The van der Waals surface area contributed by atoms with Gasteiger partial charge in [0.25, 0.3) is 0 Å². The van der Waals surface area contributed by atoms with E-state index in [0.29, 0.717) is 0 Å². The molecule has 0 saturated heterocycles. The van der Waals surface area contributed by atoms with E-state index in [1.807, 2.05) is 26.5 Å². The lowest BCUT2D eigenvalue weighted by atomic mass is 10.4. The van der Waals surface area contributed by atoms with Crippen molar-refractivity contribution in [3.8, 4) is 0 Å². The van der Waals surface area contributed by atoms with Gasteiger partial charge in [0.2, 0.25) is 0 Å². The maximum absolute atomic E-state index is 3.21. The Morgan fingerprint density at radius 2 is 1.14 bits per heavy atom. The zero-order chi connectivity index (χ0) is 10.5. The van der Waals surface area contributed by atoms with Gasteiger partial charge in [0.1, 0.15) is 0 Å². The van der Waals surface area contributed by atoms with Gasteiger partial charge in [0, 0.05) is 25.5 Å². The lowest BCUT2D eigenvalue weighted by Crippen LogP contribution is -2.18. The lowest BCUT2D eigenvalue weighted by molar-refractivity contribution is 0.678. The predicted molar refractivity (Wildman–Crippen MR) is 62.2 cm³/mol. The van der Waals surface area contributed by atoms with E-state index in [1.54, 1.807) is 0 Å². The van der Waals surface area contributed by atoms with Crippen LogP contribution in [0.15, 0.2) is 12.4 Å². The largest absolute Gasteiger partial charge is 0.390 e. The molecular weight excluding hydrogens is 176 g/mol. The average Bonchev–Trinajstić information content (AvgIpc) is 2.21. The molecule has 0 saturated carbocycles. The van der Waals surface area contributed by atoms with Crippen molar-refractivity contribution in [1.29, 1.82) is 0 Å². The van der Waals surface area contributed by atoms with Crippen LogP contribution < -0.4 is 21.3 Å². The highest BCUT2D eigenvalue weighted by atomic mass is 14.9. The van der Waals surface area contributed by atoms with Crippen molar-refractivity contribution in [1.82, 2.24) is 21.3 Å². The Bertz CT molecular complexity index is 111. The lowest BCUT2D eigenvalue weighted by Gasteiger charge is -2.01. The maximum atomic E-state index is 3.21. The van der Waals surface area contributed by atoms with Crippen LogP contribution in [0.4, 0.5) is 0 Å². The maximum Gasteiger partial charge on any atom is 0.0154 e. The fourth-order valence-electron chi connectivity index (χ4n) is 1.02. The fraction of sp³-hybridized carbons (Fsp3) is 0.800. The predicted octanol–water partition coefficient (Wildman–Crippen LogP) is -0.144. The summed E-state index contributed by atoms with van der Waals surface area (Å²) >= 11 is 0. The van der Waals surface area contributed by atoms with Gasteiger partial charge in [-0.3, -0.25) is 0 Å². The molecule has 84 valence electrons. The molecule has 0 radical (unpaired) electrons. The first-order valence-electron chi connectivity index (χ1n) is 5.32. The van der Waals surface area contributed by atoms with E-state index in [9.17, 15) is 0 Å². The Morgan fingerprint density at radius 1 is 0.714 bits per heavy atom. The molecule has 0 aromatic carbocycles. The van der Waals surface area contributed by atoms with Crippen molar-refractivity contribution in [3.63, 3.8) is 0 Å². The summed E-state index contributed by atoms with van der Waals surface area (Å²) in [5.41, 5.74) is 0. The normalized spacial score (nSPS) is 10.7. The van der Waals surface area contributed by atoms with Crippen molar-refractivity contribution in [2.75, 3.05) is 40.3 Å². The van der Waals surface area contributed by atoms with Crippen molar-refractivity contribution < 1.29 is 0 Å². The minimum absolute atomic E-state index is 1.02. The number of hydrogen-bond acceptors (Lipinski definition) is 4. The Morgan fingerprint density at radius 3 is 1.50 bits per heavy atom. The Hall–Kier alpha value is -0.740. The summed E-state index contributed by atoms with van der Waals surface area (Å²) in [7, 11) is 3.94. The number of hydrogen-bond donors (Lipinski definition) is 4. The van der Waals surface area contributed by atoms with E-state index in [-0.39, 0.29) is 0 Å². The first-order valence-corrected chi connectivity index (χ1v) is 5.32. The molecule has 0 amide bonds. The van der Waals surface area contributed by atoms with Crippen LogP contribution in [0.1, 0.15) is 12.8 Å². The quantitative estimate of drug-likeness (QED) is 0.371. The molecular formula is C10H24N4. The molecule has 14 heavy (non-hydrogen) atoms. The number of nitrogens with one attached hydrogen (secondary N) is 4. The van der Waals surface area contributed by atoms with Crippen LogP contribution in [0.3, 0.4) is 0 Å². The van der Waals surface area contributed by atoms with Gasteiger partial charge in [-0.05, 0) is 40.0 Å². The van der Waals surface area contributed by atoms with Gasteiger partial charge in [0.15, 0.2) is 0 Å². The van der Waals surface area contributed by atoms with Crippen LogP contribution in [0.25, 0.3) is 0 Å². The molecule has 0 aromatic heterocycles. The highest BCUT2D eigenvalue weighted by Crippen LogP contribution is 1.74. The van der Waals surface area contributed by atoms with Crippen LogP contribution in [0.2, 0.25) is 0 Å². The molecule has 0 spiro atoms. The van der Waals surface area contributed by atoms with Crippen LogP contribution in [-0.2, 0) is 0 Å². The molecule has 4 nitrogen and oxygen atoms in total. The SMILES string of the molecule is CNCCCNC=CNCCCNC. The standard InChI is InChI=1S/C10H24N4/c1-11-5-3-7-13-9-10-14-8-4-6-12-2/h9-14H,3-8H2,1-2H3. The Labute approximate surface area is 87.5 Å². The molecule has 0 atom stereocenters. The Balaban J connectivity index is 2.96. The van der Waals surface area contributed by atoms with Gasteiger partial charge >= 0.3 is 0 Å². The van der Waals surface area contributed by atoms with Crippen LogP contribution in [0.5, 0.6) is 0 Å². The second kappa shape index (κ2) is 12.3. The summed E-state index contributed by atoms with van der Waals surface area (Å²) in [6.45, 7) is 4.18. The van der Waals surface area contributed by atoms with Gasteiger partial charge in [-0.15, -0.1) is 0 Å². The van der Waals surface area contributed by atoms with Crippen LogP contribution >= 0.6 is 0 Å². The minimum atomic E-state index is 1.02. The van der Waals surface area contributed by atoms with E-state index in [4.69, 9.17) is 0 Å². The van der Waals surface area contributed by atoms with Gasteiger partial charge in [-0.2, -0.15) is 0 Å². The van der Waals surface area contributed by atoms with Gasteiger partial charge in [-0.25, -0.2) is 0 Å². The van der Waals surface area contributed by atoms with Crippen molar-refractivity contribution in [2.24, 2.45) is 0 Å². The number of rotatable bonds is 10. The third kappa shape index (κ3) is 11.3. The van der Waals surface area contributed by atoms with Gasteiger partial charge in [-0.1, -0.05) is 0 Å². The molecule has 0 unspecified atom stereocenters.